The highest BCUT2D eigenvalue weighted by atomic mass is 19.1. The number of hydrogen-bond acceptors (Lipinski definition) is 9. The van der Waals surface area contributed by atoms with Crippen LogP contribution in [0.2, 0.25) is 0 Å². The van der Waals surface area contributed by atoms with Gasteiger partial charge in [-0.1, -0.05) is 19.1 Å². The molecule has 0 spiro atoms. The van der Waals surface area contributed by atoms with E-state index in [2.05, 4.69) is 37.6 Å². The Morgan fingerprint density at radius 3 is 1.60 bits per heavy atom. The number of amides is 4. The van der Waals surface area contributed by atoms with Gasteiger partial charge in [-0.15, -0.1) is 0 Å². The second kappa shape index (κ2) is 17.2. The Bertz CT molecular complexity index is 2440. The molecule has 4 aromatic heterocycles. The molecule has 0 aliphatic carbocycles. The van der Waals surface area contributed by atoms with Crippen molar-refractivity contribution in [3.8, 4) is 0 Å². The molecule has 6 aromatic rings. The predicted molar refractivity (Wildman–Crippen MR) is 232 cm³/mol. The van der Waals surface area contributed by atoms with Crippen LogP contribution in [-0.2, 0) is 0 Å². The highest BCUT2D eigenvalue weighted by Crippen LogP contribution is 2.39. The molecule has 0 bridgehead atoms. The molecule has 4 fully saturated rings. The lowest BCUT2D eigenvalue weighted by atomic mass is 9.99. The van der Waals surface area contributed by atoms with Crippen molar-refractivity contribution in [1.29, 1.82) is 0 Å². The Kier molecular flexibility index (Phi) is 11.4. The van der Waals surface area contributed by atoms with Crippen LogP contribution in [-0.4, -0.2) is 102 Å². The SMILES string of the molecule is Cc1ccc(F)cc1[C@H]1CCCN1c1ccn2ncc(NC(=O)N3CC[C@H](C)C3)c2n1.Cc1ccc(F)cc1[C@H]1CCCN1c1ccn2ncc(NC(=O)N3CC[C@H](O)C3)c2n1. The third-order valence-electron chi connectivity index (χ3n) is 12.6. The van der Waals surface area contributed by atoms with Crippen molar-refractivity contribution in [2.24, 2.45) is 5.92 Å². The number of rotatable bonds is 6. The summed E-state index contributed by atoms with van der Waals surface area (Å²) in [4.78, 5) is 42.7. The fourth-order valence-electron chi connectivity index (χ4n) is 9.32. The van der Waals surface area contributed by atoms with Gasteiger partial charge in [-0.05, 0) is 117 Å². The van der Waals surface area contributed by atoms with E-state index in [1.807, 2.05) is 55.4 Å². The summed E-state index contributed by atoms with van der Waals surface area (Å²) >= 11 is 0. The zero-order valence-corrected chi connectivity index (χ0v) is 35.2. The van der Waals surface area contributed by atoms with Gasteiger partial charge < -0.3 is 35.3 Å². The largest absolute Gasteiger partial charge is 0.391 e. The number of carbonyl (C=O) groups excluding carboxylic acids is 2. The number of aliphatic hydroxyl groups excluding tert-OH is 1. The van der Waals surface area contributed by atoms with E-state index in [4.69, 9.17) is 9.97 Å². The summed E-state index contributed by atoms with van der Waals surface area (Å²) in [6, 6.07) is 13.5. The van der Waals surface area contributed by atoms with E-state index in [0.29, 0.717) is 48.1 Å². The Morgan fingerprint density at radius 2 is 1.15 bits per heavy atom. The number of aryl methyl sites for hydroxylation is 2. The zero-order valence-electron chi connectivity index (χ0n) is 35.2. The van der Waals surface area contributed by atoms with E-state index in [9.17, 15) is 23.5 Å². The van der Waals surface area contributed by atoms with Crippen LogP contribution in [0.25, 0.3) is 11.3 Å². The number of β-amino-alcohol motifs (C(OH)–C–C–N with tert-alkyl or cyclic N) is 1. The van der Waals surface area contributed by atoms with Crippen LogP contribution in [0.5, 0.6) is 0 Å². The molecule has 15 nitrogen and oxygen atoms in total. The number of urea groups is 2. The van der Waals surface area contributed by atoms with Gasteiger partial charge in [0.1, 0.15) is 34.6 Å². The molecule has 17 heteroatoms. The number of aromatic nitrogens is 6. The molecule has 324 valence electrons. The van der Waals surface area contributed by atoms with Crippen LogP contribution in [0.15, 0.2) is 73.3 Å². The molecule has 0 radical (unpaired) electrons. The van der Waals surface area contributed by atoms with E-state index in [-0.39, 0.29) is 35.8 Å². The minimum Gasteiger partial charge on any atom is -0.391 e. The fourth-order valence-corrected chi connectivity index (χ4v) is 9.32. The number of hydrogen-bond donors (Lipinski definition) is 3. The van der Waals surface area contributed by atoms with E-state index in [0.717, 1.165) is 92.2 Å². The summed E-state index contributed by atoms with van der Waals surface area (Å²) in [7, 11) is 0. The van der Waals surface area contributed by atoms with Crippen LogP contribution in [0.3, 0.4) is 0 Å². The van der Waals surface area contributed by atoms with Gasteiger partial charge in [0.05, 0.1) is 30.6 Å². The minimum absolute atomic E-state index is 0.0534. The lowest BCUT2D eigenvalue weighted by Crippen LogP contribution is -2.33. The van der Waals surface area contributed by atoms with Crippen molar-refractivity contribution in [2.45, 2.75) is 77.5 Å². The molecule has 4 aliphatic heterocycles. The summed E-state index contributed by atoms with van der Waals surface area (Å²) in [5.41, 5.74) is 6.40. The van der Waals surface area contributed by atoms with Gasteiger partial charge in [0.2, 0.25) is 0 Å². The Balaban J connectivity index is 0.000000158. The first-order valence-electron chi connectivity index (χ1n) is 21.5. The van der Waals surface area contributed by atoms with Gasteiger partial charge in [0, 0.05) is 51.7 Å². The molecular formula is C45H52F2N12O3. The number of nitrogens with one attached hydrogen (secondary N) is 2. The van der Waals surface area contributed by atoms with Crippen molar-refractivity contribution < 1.29 is 23.5 Å². The molecule has 2 aromatic carbocycles. The van der Waals surface area contributed by atoms with Crippen LogP contribution < -0.4 is 20.4 Å². The fraction of sp³-hybridized carbons (Fsp3) is 0.422. The maximum atomic E-state index is 13.9. The predicted octanol–water partition coefficient (Wildman–Crippen LogP) is 7.51. The van der Waals surface area contributed by atoms with Crippen LogP contribution >= 0.6 is 0 Å². The first-order valence-corrected chi connectivity index (χ1v) is 21.5. The van der Waals surface area contributed by atoms with Gasteiger partial charge in [0.25, 0.3) is 0 Å². The molecule has 8 heterocycles. The summed E-state index contributed by atoms with van der Waals surface area (Å²) in [6.07, 6.45) is 11.9. The second-order valence-electron chi connectivity index (χ2n) is 17.0. The highest BCUT2D eigenvalue weighted by molar-refractivity contribution is 5.94. The molecule has 3 N–H and O–H groups in total. The van der Waals surface area contributed by atoms with E-state index in [1.54, 1.807) is 38.5 Å². The molecule has 4 atom stereocenters. The van der Waals surface area contributed by atoms with Gasteiger partial charge in [-0.25, -0.2) is 37.4 Å². The monoisotopic (exact) mass is 846 g/mol. The molecule has 10 rings (SSSR count). The average Bonchev–Trinajstić information content (AvgIpc) is 4.13. The number of nitrogens with zero attached hydrogens (tertiary/aromatic N) is 10. The molecule has 0 unspecified atom stereocenters. The number of carbonyl (C=O) groups is 2. The standard InChI is InChI=1S/C23H27FN6O.C22H25FN6O2/c1-15-7-10-28(14-15)23(31)26-19-13-25-30-11-8-21(27-22(19)30)29-9-3-4-20(29)18-12-17(24)6-5-16(18)2;1-14-4-5-15(23)11-17(14)19-3-2-8-28(19)20-7-10-29-21(26-20)18(12-24-29)25-22(31)27-9-6-16(30)13-27/h5-6,8,11-13,15,20H,3-4,7,9-10,14H2,1-2H3,(H,26,31);4-5,7,10-12,16,19,30H,2-3,6,8-9,13H2,1H3,(H,25,31)/t15-,20+;16-,19+/m00/s1. The highest BCUT2D eigenvalue weighted by Gasteiger charge is 2.32. The van der Waals surface area contributed by atoms with E-state index >= 15 is 0 Å². The second-order valence-corrected chi connectivity index (χ2v) is 17.0. The molecule has 4 saturated heterocycles. The number of benzene rings is 2. The van der Waals surface area contributed by atoms with Gasteiger partial charge in [0.15, 0.2) is 11.3 Å². The van der Waals surface area contributed by atoms with Crippen molar-refractivity contribution >= 4 is 46.4 Å². The van der Waals surface area contributed by atoms with Gasteiger partial charge in [-0.2, -0.15) is 10.2 Å². The van der Waals surface area contributed by atoms with Crippen molar-refractivity contribution in [1.82, 2.24) is 39.0 Å². The Labute approximate surface area is 358 Å². The third kappa shape index (κ3) is 8.32. The van der Waals surface area contributed by atoms with Crippen LogP contribution in [0, 0.1) is 31.4 Å². The summed E-state index contributed by atoms with van der Waals surface area (Å²) < 4.78 is 31.1. The van der Waals surface area contributed by atoms with E-state index < -0.39 is 6.10 Å². The summed E-state index contributed by atoms with van der Waals surface area (Å²) in [5.74, 6) is 1.66. The van der Waals surface area contributed by atoms with Gasteiger partial charge in [-0.3, -0.25) is 0 Å². The van der Waals surface area contributed by atoms with E-state index in [1.165, 1.54) is 12.1 Å². The topological polar surface area (TPSA) is 152 Å². The molecular weight excluding hydrogens is 795 g/mol. The number of anilines is 4. The molecule has 0 saturated carbocycles. The maximum absolute atomic E-state index is 13.9. The zero-order chi connectivity index (χ0) is 43.1. The lowest BCUT2D eigenvalue weighted by molar-refractivity contribution is 0.176. The normalized spacial score (nSPS) is 21.3. The number of halogens is 2. The molecule has 4 aliphatic rings. The third-order valence-corrected chi connectivity index (χ3v) is 12.6. The molecule has 4 amide bonds. The average molecular weight is 847 g/mol. The number of aliphatic hydroxyl groups is 1. The van der Waals surface area contributed by atoms with Crippen LogP contribution in [0.1, 0.15) is 79.8 Å². The van der Waals surface area contributed by atoms with Crippen LogP contribution in [0.4, 0.5) is 41.4 Å². The van der Waals surface area contributed by atoms with Gasteiger partial charge >= 0.3 is 12.1 Å². The Morgan fingerprint density at radius 1 is 0.661 bits per heavy atom. The minimum atomic E-state index is -0.474. The smallest absolute Gasteiger partial charge is 0.322 e. The first kappa shape index (κ1) is 41.0. The van der Waals surface area contributed by atoms with Crippen molar-refractivity contribution in [2.75, 3.05) is 59.7 Å². The van der Waals surface area contributed by atoms with Crippen molar-refractivity contribution in [3.63, 3.8) is 0 Å². The number of likely N-dealkylation sites (tertiary alicyclic amines) is 2. The first-order chi connectivity index (χ1) is 30.0. The summed E-state index contributed by atoms with van der Waals surface area (Å²) in [6.45, 7) is 10.2. The lowest BCUT2D eigenvalue weighted by Gasteiger charge is -2.27. The Hall–Kier alpha value is -6.36. The quantitative estimate of drug-likeness (QED) is 0.155. The van der Waals surface area contributed by atoms with Crippen molar-refractivity contribution in [3.05, 3.63) is 107 Å². The molecule has 62 heavy (non-hydrogen) atoms. The summed E-state index contributed by atoms with van der Waals surface area (Å²) in [5, 5.41) is 24.1. The maximum Gasteiger partial charge on any atom is 0.322 e. The number of fused-ring (bicyclic) bond motifs is 2.